The van der Waals surface area contributed by atoms with Crippen LogP contribution in [0.4, 0.5) is 0 Å². The zero-order valence-electron chi connectivity index (χ0n) is 12.0. The molecule has 0 spiro atoms. The van der Waals surface area contributed by atoms with Crippen molar-refractivity contribution in [1.29, 1.82) is 0 Å². The Balaban J connectivity index is 2.50. The van der Waals surface area contributed by atoms with E-state index in [-0.39, 0.29) is 0 Å². The molecule has 1 aromatic rings. The largest absolute Gasteiger partial charge is 0.315 e. The summed E-state index contributed by atoms with van der Waals surface area (Å²) < 4.78 is 0. The quantitative estimate of drug-likeness (QED) is 0.786. The second-order valence-electron chi connectivity index (χ2n) is 5.42. The van der Waals surface area contributed by atoms with Gasteiger partial charge in [-0.15, -0.1) is 0 Å². The second kappa shape index (κ2) is 6.80. The summed E-state index contributed by atoms with van der Waals surface area (Å²) in [6, 6.07) is 7.48. The van der Waals surface area contributed by atoms with Crippen LogP contribution in [0.3, 0.4) is 0 Å². The molecule has 0 aromatic heterocycles. The zero-order valence-corrected chi connectivity index (χ0v) is 12.0. The summed E-state index contributed by atoms with van der Waals surface area (Å²) in [5.41, 5.74) is 4.28. The molecule has 96 valence electrons. The maximum atomic E-state index is 3.48. The molecule has 0 aliphatic rings. The fraction of sp³-hybridized carbons (Fsp3) is 0.625. The van der Waals surface area contributed by atoms with Crippen LogP contribution in [0.25, 0.3) is 0 Å². The lowest BCUT2D eigenvalue weighted by atomic mass is 9.93. The van der Waals surface area contributed by atoms with Gasteiger partial charge in [0, 0.05) is 6.04 Å². The highest BCUT2D eigenvalue weighted by Gasteiger charge is 2.09. The lowest BCUT2D eigenvalue weighted by Gasteiger charge is -2.18. The van der Waals surface area contributed by atoms with Gasteiger partial charge >= 0.3 is 0 Å². The van der Waals surface area contributed by atoms with Crippen molar-refractivity contribution in [2.24, 2.45) is 5.92 Å². The first kappa shape index (κ1) is 14.2. The van der Waals surface area contributed by atoms with Crippen molar-refractivity contribution in [2.45, 2.75) is 53.5 Å². The van der Waals surface area contributed by atoms with Crippen molar-refractivity contribution < 1.29 is 0 Å². The molecular weight excluding hydrogens is 206 g/mol. The van der Waals surface area contributed by atoms with E-state index in [0.717, 1.165) is 12.5 Å². The van der Waals surface area contributed by atoms with Gasteiger partial charge in [-0.05, 0) is 62.8 Å². The minimum atomic E-state index is 0.626. The van der Waals surface area contributed by atoms with E-state index in [4.69, 9.17) is 0 Å². The van der Waals surface area contributed by atoms with Gasteiger partial charge < -0.3 is 5.32 Å². The molecule has 0 saturated heterocycles. The minimum absolute atomic E-state index is 0.626. The maximum Gasteiger partial charge on any atom is 0.00412 e. The number of aryl methyl sites for hydroxylation is 2. The molecule has 0 amide bonds. The SMILES string of the molecule is CCNC(C)CC(C)Cc1ccc(C)c(C)c1. The van der Waals surface area contributed by atoms with Crippen molar-refractivity contribution in [3.8, 4) is 0 Å². The van der Waals surface area contributed by atoms with Gasteiger partial charge in [-0.3, -0.25) is 0 Å². The third kappa shape index (κ3) is 4.91. The van der Waals surface area contributed by atoms with Gasteiger partial charge in [-0.25, -0.2) is 0 Å². The van der Waals surface area contributed by atoms with Crippen molar-refractivity contribution in [2.75, 3.05) is 6.54 Å². The van der Waals surface area contributed by atoms with E-state index in [2.05, 4.69) is 58.1 Å². The number of hydrogen-bond acceptors (Lipinski definition) is 1. The highest BCUT2D eigenvalue weighted by atomic mass is 14.9. The van der Waals surface area contributed by atoms with E-state index < -0.39 is 0 Å². The smallest absolute Gasteiger partial charge is 0.00412 e. The molecule has 1 N–H and O–H groups in total. The number of hydrogen-bond donors (Lipinski definition) is 1. The molecule has 2 atom stereocenters. The fourth-order valence-electron chi connectivity index (χ4n) is 2.45. The molecule has 1 rings (SSSR count). The minimum Gasteiger partial charge on any atom is -0.315 e. The predicted molar refractivity (Wildman–Crippen MR) is 76.5 cm³/mol. The molecular formula is C16H27N. The summed E-state index contributed by atoms with van der Waals surface area (Å²) in [6.45, 7) is 12.2. The Morgan fingerprint density at radius 3 is 2.41 bits per heavy atom. The molecule has 17 heavy (non-hydrogen) atoms. The first-order chi connectivity index (χ1) is 8.02. The van der Waals surface area contributed by atoms with Crippen LogP contribution in [0.5, 0.6) is 0 Å². The third-order valence-electron chi connectivity index (χ3n) is 3.46. The van der Waals surface area contributed by atoms with Gasteiger partial charge in [0.15, 0.2) is 0 Å². The maximum absolute atomic E-state index is 3.48. The topological polar surface area (TPSA) is 12.0 Å². The summed E-state index contributed by atoms with van der Waals surface area (Å²) in [4.78, 5) is 0. The lowest BCUT2D eigenvalue weighted by Crippen LogP contribution is -2.27. The lowest BCUT2D eigenvalue weighted by molar-refractivity contribution is 0.426. The van der Waals surface area contributed by atoms with E-state index >= 15 is 0 Å². The Morgan fingerprint density at radius 2 is 1.82 bits per heavy atom. The van der Waals surface area contributed by atoms with E-state index in [0.29, 0.717) is 6.04 Å². The predicted octanol–water partition coefficient (Wildman–Crippen LogP) is 3.87. The Bertz CT molecular complexity index is 343. The van der Waals surface area contributed by atoms with E-state index in [1.165, 1.54) is 29.5 Å². The molecule has 0 aliphatic heterocycles. The summed E-state index contributed by atoms with van der Waals surface area (Å²) in [5.74, 6) is 0.742. The molecule has 1 aromatic carbocycles. The average Bonchev–Trinajstić information content (AvgIpc) is 2.23. The molecule has 0 saturated carbocycles. The summed E-state index contributed by atoms with van der Waals surface area (Å²) in [5, 5.41) is 3.48. The van der Waals surface area contributed by atoms with Crippen LogP contribution in [-0.2, 0) is 6.42 Å². The van der Waals surface area contributed by atoms with Crippen molar-refractivity contribution in [1.82, 2.24) is 5.32 Å². The Hall–Kier alpha value is -0.820. The van der Waals surface area contributed by atoms with Gasteiger partial charge in [0.05, 0.1) is 0 Å². The standard InChI is InChI=1S/C16H27N/c1-6-17-15(5)9-12(2)10-16-8-7-13(3)14(4)11-16/h7-8,11-12,15,17H,6,9-10H2,1-5H3. The molecule has 0 bridgehead atoms. The molecule has 1 nitrogen and oxygen atoms in total. The van der Waals surface area contributed by atoms with Crippen LogP contribution in [0.2, 0.25) is 0 Å². The Morgan fingerprint density at radius 1 is 1.12 bits per heavy atom. The van der Waals surface area contributed by atoms with Crippen molar-refractivity contribution >= 4 is 0 Å². The fourth-order valence-corrected chi connectivity index (χ4v) is 2.45. The van der Waals surface area contributed by atoms with E-state index in [9.17, 15) is 0 Å². The molecule has 0 radical (unpaired) electrons. The van der Waals surface area contributed by atoms with Crippen LogP contribution in [0.1, 0.15) is 43.9 Å². The van der Waals surface area contributed by atoms with Crippen LogP contribution >= 0.6 is 0 Å². The molecule has 0 heterocycles. The van der Waals surface area contributed by atoms with E-state index in [1.807, 2.05) is 0 Å². The third-order valence-corrected chi connectivity index (χ3v) is 3.46. The van der Waals surface area contributed by atoms with Crippen LogP contribution in [-0.4, -0.2) is 12.6 Å². The van der Waals surface area contributed by atoms with Crippen LogP contribution < -0.4 is 5.32 Å². The molecule has 0 fully saturated rings. The van der Waals surface area contributed by atoms with Crippen molar-refractivity contribution in [3.05, 3.63) is 34.9 Å². The average molecular weight is 233 g/mol. The van der Waals surface area contributed by atoms with E-state index in [1.54, 1.807) is 0 Å². The van der Waals surface area contributed by atoms with Gasteiger partial charge in [0.2, 0.25) is 0 Å². The number of rotatable bonds is 6. The van der Waals surface area contributed by atoms with Crippen LogP contribution in [0, 0.1) is 19.8 Å². The Kier molecular flexibility index (Phi) is 5.70. The number of benzene rings is 1. The monoisotopic (exact) mass is 233 g/mol. The summed E-state index contributed by atoms with van der Waals surface area (Å²) >= 11 is 0. The highest BCUT2D eigenvalue weighted by Crippen LogP contribution is 2.16. The van der Waals surface area contributed by atoms with Gasteiger partial charge in [-0.2, -0.15) is 0 Å². The van der Waals surface area contributed by atoms with Gasteiger partial charge in [0.25, 0.3) is 0 Å². The summed E-state index contributed by atoms with van der Waals surface area (Å²) in [6.07, 6.45) is 2.44. The van der Waals surface area contributed by atoms with Gasteiger partial charge in [-0.1, -0.05) is 32.0 Å². The zero-order chi connectivity index (χ0) is 12.8. The van der Waals surface area contributed by atoms with Gasteiger partial charge in [0.1, 0.15) is 0 Å². The van der Waals surface area contributed by atoms with Crippen LogP contribution in [0.15, 0.2) is 18.2 Å². The normalized spacial score (nSPS) is 14.6. The molecule has 1 heteroatoms. The highest BCUT2D eigenvalue weighted by molar-refractivity contribution is 5.30. The molecule has 2 unspecified atom stereocenters. The first-order valence-corrected chi connectivity index (χ1v) is 6.82. The molecule has 0 aliphatic carbocycles. The van der Waals surface area contributed by atoms with Crippen molar-refractivity contribution in [3.63, 3.8) is 0 Å². The second-order valence-corrected chi connectivity index (χ2v) is 5.42. The Labute approximate surface area is 107 Å². The first-order valence-electron chi connectivity index (χ1n) is 6.82. The summed E-state index contributed by atoms with van der Waals surface area (Å²) in [7, 11) is 0. The number of nitrogens with one attached hydrogen (secondary N) is 1.